The molecule has 2 unspecified atom stereocenters. The van der Waals surface area contributed by atoms with E-state index in [2.05, 4.69) is 59.1 Å². The van der Waals surface area contributed by atoms with E-state index in [9.17, 15) is 0 Å². The summed E-state index contributed by atoms with van der Waals surface area (Å²) in [6.07, 6.45) is 13.8. The molecule has 2 aromatic rings. The second kappa shape index (κ2) is 10.8. The van der Waals surface area contributed by atoms with E-state index in [0.29, 0.717) is 12.2 Å². The van der Waals surface area contributed by atoms with E-state index in [1.54, 1.807) is 0 Å². The van der Waals surface area contributed by atoms with Crippen molar-refractivity contribution < 1.29 is 0 Å². The molecule has 2 atom stereocenters. The summed E-state index contributed by atoms with van der Waals surface area (Å²) in [6, 6.07) is 9.55. The van der Waals surface area contributed by atoms with E-state index in [1.807, 2.05) is 20.2 Å². The summed E-state index contributed by atoms with van der Waals surface area (Å²) < 4.78 is 2.31. The topological polar surface area (TPSA) is 33.1 Å². The van der Waals surface area contributed by atoms with Gasteiger partial charge in [-0.2, -0.15) is 0 Å². The van der Waals surface area contributed by atoms with Crippen LogP contribution in [0.2, 0.25) is 0 Å². The molecule has 1 aromatic heterocycles. The van der Waals surface area contributed by atoms with Crippen LogP contribution in [0.4, 0.5) is 5.69 Å². The Morgan fingerprint density at radius 2 is 1.93 bits per heavy atom. The van der Waals surface area contributed by atoms with Gasteiger partial charge in [-0.15, -0.1) is 0 Å². The van der Waals surface area contributed by atoms with Crippen molar-refractivity contribution in [3.63, 3.8) is 0 Å². The maximum Gasteiger partial charge on any atom is 0.0952 e. The van der Waals surface area contributed by atoms with Gasteiger partial charge >= 0.3 is 0 Å². The largest absolute Gasteiger partial charge is 0.350 e. The Hall–Kier alpha value is -1.81. The lowest BCUT2D eigenvalue weighted by atomic mass is 9.93. The van der Waals surface area contributed by atoms with Gasteiger partial charge in [0.2, 0.25) is 0 Å². The van der Waals surface area contributed by atoms with Crippen molar-refractivity contribution in [1.29, 1.82) is 0 Å². The number of rotatable bonds is 9. The highest BCUT2D eigenvalue weighted by atomic mass is 15.3. The Morgan fingerprint density at radius 1 is 1.14 bits per heavy atom. The van der Waals surface area contributed by atoms with Gasteiger partial charge in [-0.3, -0.25) is 5.32 Å². The average molecular weight is 397 g/mol. The highest BCUT2D eigenvalue weighted by Gasteiger charge is 2.28. The molecule has 1 fully saturated rings. The van der Waals surface area contributed by atoms with E-state index >= 15 is 0 Å². The smallest absolute Gasteiger partial charge is 0.0952 e. The minimum absolute atomic E-state index is 0.400. The first kappa shape index (κ1) is 21.9. The zero-order chi connectivity index (χ0) is 20.6. The number of para-hydroxylation sites is 1. The summed E-state index contributed by atoms with van der Waals surface area (Å²) in [5, 5.41) is 3.80. The third-order valence-electron chi connectivity index (χ3n) is 6.28. The van der Waals surface area contributed by atoms with E-state index in [0.717, 1.165) is 19.0 Å². The number of benzene rings is 1. The van der Waals surface area contributed by atoms with Crippen molar-refractivity contribution in [3.05, 3.63) is 48.0 Å². The lowest BCUT2D eigenvalue weighted by molar-refractivity contribution is 0.354. The maximum absolute atomic E-state index is 4.71. The Kier molecular flexibility index (Phi) is 8.17. The molecule has 1 aliphatic heterocycles. The van der Waals surface area contributed by atoms with Crippen molar-refractivity contribution in [1.82, 2.24) is 14.9 Å². The summed E-state index contributed by atoms with van der Waals surface area (Å²) in [7, 11) is 0. The maximum atomic E-state index is 4.71. The summed E-state index contributed by atoms with van der Waals surface area (Å²) in [5.41, 5.74) is 3.97. The van der Waals surface area contributed by atoms with Crippen LogP contribution in [-0.2, 0) is 13.1 Å². The summed E-state index contributed by atoms with van der Waals surface area (Å²) in [6.45, 7) is 10.5. The molecule has 0 saturated heterocycles. The van der Waals surface area contributed by atoms with E-state index in [4.69, 9.17) is 4.98 Å². The van der Waals surface area contributed by atoms with Gasteiger partial charge in [0.25, 0.3) is 0 Å². The van der Waals surface area contributed by atoms with Crippen molar-refractivity contribution >= 4 is 5.69 Å². The average Bonchev–Trinajstić information content (AvgIpc) is 3.52. The molecule has 4 nitrogen and oxygen atoms in total. The fourth-order valence-electron chi connectivity index (χ4n) is 4.46. The molecule has 4 heteroatoms. The molecule has 160 valence electrons. The van der Waals surface area contributed by atoms with Gasteiger partial charge in [-0.25, -0.2) is 4.98 Å². The number of imidazole rings is 1. The van der Waals surface area contributed by atoms with Crippen LogP contribution in [0, 0.1) is 5.92 Å². The molecular formula is C25H40N4. The number of nitrogens with zero attached hydrogens (tertiary/aromatic N) is 3. The third-order valence-corrected chi connectivity index (χ3v) is 6.28. The molecule has 0 radical (unpaired) electrons. The van der Waals surface area contributed by atoms with Crippen LogP contribution in [0.15, 0.2) is 36.8 Å². The lowest BCUT2D eigenvalue weighted by Crippen LogP contribution is -2.49. The standard InChI is InChI=1S/C23H34N4.C2H6/c1-3-7-18(4-2)10-13-23-24-14-19-8-5-6-9-22(19)27(23)16-20-15-26(17-25-20)21-11-12-21;1-2/h5-6,8-9,15,17-18,21,23-24H,3-4,7,10-14,16H2,1-2H3;1-2H3. The van der Waals surface area contributed by atoms with Crippen molar-refractivity contribution in [2.75, 3.05) is 4.90 Å². The number of nitrogens with one attached hydrogen (secondary N) is 1. The zero-order valence-corrected chi connectivity index (χ0v) is 18.9. The van der Waals surface area contributed by atoms with Crippen LogP contribution in [0.1, 0.15) is 89.9 Å². The Balaban J connectivity index is 0.00000117. The van der Waals surface area contributed by atoms with Gasteiger partial charge in [0, 0.05) is 24.5 Å². The number of hydrogen-bond donors (Lipinski definition) is 1. The molecule has 0 spiro atoms. The first-order valence-corrected chi connectivity index (χ1v) is 11.9. The molecule has 2 aliphatic rings. The van der Waals surface area contributed by atoms with E-state index in [-0.39, 0.29) is 0 Å². The van der Waals surface area contributed by atoms with Crippen LogP contribution in [0.5, 0.6) is 0 Å². The third kappa shape index (κ3) is 5.63. The second-order valence-electron chi connectivity index (χ2n) is 8.34. The quantitative estimate of drug-likeness (QED) is 0.541. The van der Waals surface area contributed by atoms with Gasteiger partial charge in [-0.1, -0.05) is 65.2 Å². The Labute approximate surface area is 177 Å². The summed E-state index contributed by atoms with van der Waals surface area (Å²) >= 11 is 0. The molecule has 0 amide bonds. The summed E-state index contributed by atoms with van der Waals surface area (Å²) in [4.78, 5) is 7.27. The monoisotopic (exact) mass is 396 g/mol. The molecular weight excluding hydrogens is 356 g/mol. The van der Waals surface area contributed by atoms with E-state index in [1.165, 1.54) is 61.9 Å². The fraction of sp³-hybridized carbons (Fsp3) is 0.640. The molecule has 29 heavy (non-hydrogen) atoms. The molecule has 1 saturated carbocycles. The molecule has 4 rings (SSSR count). The molecule has 2 heterocycles. The Morgan fingerprint density at radius 3 is 2.66 bits per heavy atom. The van der Waals surface area contributed by atoms with Crippen LogP contribution in [0.3, 0.4) is 0 Å². The predicted molar refractivity (Wildman–Crippen MR) is 123 cm³/mol. The summed E-state index contributed by atoms with van der Waals surface area (Å²) in [5.74, 6) is 0.852. The number of anilines is 1. The minimum atomic E-state index is 0.400. The van der Waals surface area contributed by atoms with Crippen LogP contribution >= 0.6 is 0 Å². The normalized spacial score (nSPS) is 19.3. The molecule has 1 aromatic carbocycles. The van der Waals surface area contributed by atoms with Gasteiger partial charge in [0.15, 0.2) is 0 Å². The molecule has 1 aliphatic carbocycles. The van der Waals surface area contributed by atoms with Gasteiger partial charge < -0.3 is 9.47 Å². The van der Waals surface area contributed by atoms with Crippen molar-refractivity contribution in [3.8, 4) is 0 Å². The minimum Gasteiger partial charge on any atom is -0.350 e. The van der Waals surface area contributed by atoms with Crippen molar-refractivity contribution in [2.24, 2.45) is 5.92 Å². The van der Waals surface area contributed by atoms with Crippen LogP contribution in [0.25, 0.3) is 0 Å². The first-order valence-electron chi connectivity index (χ1n) is 11.9. The second-order valence-corrected chi connectivity index (χ2v) is 8.34. The van der Waals surface area contributed by atoms with Crippen molar-refractivity contribution in [2.45, 2.75) is 97.9 Å². The predicted octanol–water partition coefficient (Wildman–Crippen LogP) is 6.29. The number of aromatic nitrogens is 2. The van der Waals surface area contributed by atoms with E-state index < -0.39 is 0 Å². The lowest BCUT2D eigenvalue weighted by Gasteiger charge is -2.40. The molecule has 0 bridgehead atoms. The first-order chi connectivity index (χ1) is 14.3. The van der Waals surface area contributed by atoms with Gasteiger partial charge in [-0.05, 0) is 43.2 Å². The van der Waals surface area contributed by atoms with Gasteiger partial charge in [0.1, 0.15) is 0 Å². The van der Waals surface area contributed by atoms with Crippen LogP contribution < -0.4 is 10.2 Å². The Bertz CT molecular complexity index is 734. The fourth-order valence-corrected chi connectivity index (χ4v) is 4.46. The highest BCUT2D eigenvalue weighted by molar-refractivity contribution is 5.56. The number of fused-ring (bicyclic) bond motifs is 1. The van der Waals surface area contributed by atoms with Crippen LogP contribution in [-0.4, -0.2) is 15.7 Å². The SMILES string of the molecule is CC.CCCC(CC)CCC1NCc2ccccc2N1Cc1cn(C2CC2)cn1. The van der Waals surface area contributed by atoms with Gasteiger partial charge in [0.05, 0.1) is 24.7 Å². The zero-order valence-electron chi connectivity index (χ0n) is 18.9. The highest BCUT2D eigenvalue weighted by Crippen LogP contribution is 2.35. The number of hydrogen-bond acceptors (Lipinski definition) is 3. The molecule has 1 N–H and O–H groups in total.